The van der Waals surface area contributed by atoms with Crippen LogP contribution in [-0.4, -0.2) is 92.0 Å². The summed E-state index contributed by atoms with van der Waals surface area (Å²) in [6.45, 7) is 10.2. The van der Waals surface area contributed by atoms with Gasteiger partial charge in [0.05, 0.1) is 10.6 Å². The Morgan fingerprint density at radius 2 is 1.64 bits per heavy atom. The SMILES string of the molecule is CC1CC2(CCN(c3ccc(C(=O)N4CCC(CN5CCC(c6cccc(NC7CCC(=O)NC7=O)c6)CC5)CC4)cc3)CC2)CN1c1ccc(C#N)c(Cl)c1. The van der Waals surface area contributed by atoms with Crippen molar-refractivity contribution in [3.63, 3.8) is 0 Å². The maximum absolute atomic E-state index is 13.6. The van der Waals surface area contributed by atoms with Crippen molar-refractivity contribution in [3.8, 4) is 6.07 Å². The number of nitrogens with one attached hydrogen (secondary N) is 2. The van der Waals surface area contributed by atoms with Gasteiger partial charge in [0.15, 0.2) is 0 Å². The molecule has 5 saturated heterocycles. The minimum atomic E-state index is -0.371. The lowest BCUT2D eigenvalue weighted by atomic mass is 9.76. The molecular weight excluding hydrogens is 722 g/mol. The monoisotopic (exact) mass is 775 g/mol. The normalized spacial score (nSPS) is 23.6. The number of amides is 3. The molecule has 3 aromatic rings. The van der Waals surface area contributed by atoms with Crippen molar-refractivity contribution in [1.29, 1.82) is 5.26 Å². The van der Waals surface area contributed by atoms with Crippen LogP contribution in [0.2, 0.25) is 5.02 Å². The zero-order valence-electron chi connectivity index (χ0n) is 32.5. The lowest BCUT2D eigenvalue weighted by Gasteiger charge is -2.40. The lowest BCUT2D eigenvalue weighted by molar-refractivity contribution is -0.133. The smallest absolute Gasteiger partial charge is 0.253 e. The minimum Gasteiger partial charge on any atom is -0.374 e. The van der Waals surface area contributed by atoms with Crippen molar-refractivity contribution in [3.05, 3.63) is 88.4 Å². The highest BCUT2D eigenvalue weighted by molar-refractivity contribution is 6.32. The van der Waals surface area contributed by atoms with Gasteiger partial charge in [0, 0.05) is 74.4 Å². The number of carbonyl (C=O) groups excluding carboxylic acids is 3. The third-order valence-corrected chi connectivity index (χ3v) is 13.7. The molecule has 0 radical (unpaired) electrons. The summed E-state index contributed by atoms with van der Waals surface area (Å²) in [5, 5.41) is 15.6. The molecule has 0 bridgehead atoms. The van der Waals surface area contributed by atoms with Gasteiger partial charge in [-0.05, 0) is 149 Å². The molecule has 2 N–H and O–H groups in total. The van der Waals surface area contributed by atoms with E-state index in [1.54, 1.807) is 0 Å². The summed E-state index contributed by atoms with van der Waals surface area (Å²) in [7, 11) is 0. The second-order valence-electron chi connectivity index (χ2n) is 17.1. The molecule has 3 amide bonds. The molecule has 0 aromatic heterocycles. The molecule has 1 spiro atoms. The Balaban J connectivity index is 0.762. The highest BCUT2D eigenvalue weighted by Crippen LogP contribution is 2.46. The average Bonchev–Trinajstić information content (AvgIpc) is 3.54. The third kappa shape index (κ3) is 8.40. The number of benzene rings is 3. The summed E-state index contributed by atoms with van der Waals surface area (Å²) in [6, 6.07) is 24.8. The fraction of sp³-hybridized carbons (Fsp3) is 0.511. The van der Waals surface area contributed by atoms with E-state index in [0.29, 0.717) is 41.3 Å². The van der Waals surface area contributed by atoms with Gasteiger partial charge in [0.2, 0.25) is 11.8 Å². The number of halogens is 1. The molecule has 5 fully saturated rings. The van der Waals surface area contributed by atoms with E-state index in [0.717, 1.165) is 114 Å². The molecule has 56 heavy (non-hydrogen) atoms. The van der Waals surface area contributed by atoms with Crippen molar-refractivity contribution < 1.29 is 14.4 Å². The summed E-state index contributed by atoms with van der Waals surface area (Å²) in [4.78, 5) is 46.9. The zero-order valence-corrected chi connectivity index (χ0v) is 33.3. The molecule has 0 saturated carbocycles. The Labute approximate surface area is 336 Å². The predicted octanol–water partition coefficient (Wildman–Crippen LogP) is 7.05. The van der Waals surface area contributed by atoms with E-state index in [1.807, 2.05) is 41.3 Å². The Morgan fingerprint density at radius 3 is 2.34 bits per heavy atom. The Bertz CT molecular complexity index is 1960. The number of carbonyl (C=O) groups is 3. The molecule has 0 aliphatic carbocycles. The largest absolute Gasteiger partial charge is 0.374 e. The third-order valence-electron chi connectivity index (χ3n) is 13.4. The Morgan fingerprint density at radius 1 is 0.911 bits per heavy atom. The van der Waals surface area contributed by atoms with Crippen LogP contribution in [0.1, 0.15) is 92.1 Å². The molecule has 5 aliphatic rings. The first-order valence-corrected chi connectivity index (χ1v) is 21.1. The summed E-state index contributed by atoms with van der Waals surface area (Å²) >= 11 is 6.38. The summed E-state index contributed by atoms with van der Waals surface area (Å²) in [5.41, 5.74) is 6.12. The van der Waals surface area contributed by atoms with E-state index >= 15 is 0 Å². The van der Waals surface area contributed by atoms with Gasteiger partial charge in [-0.1, -0.05) is 23.7 Å². The minimum absolute atomic E-state index is 0.144. The van der Waals surface area contributed by atoms with Gasteiger partial charge in [-0.25, -0.2) is 0 Å². The first-order chi connectivity index (χ1) is 27.1. The van der Waals surface area contributed by atoms with Crippen LogP contribution >= 0.6 is 11.6 Å². The summed E-state index contributed by atoms with van der Waals surface area (Å²) in [6.07, 6.45) is 8.62. The van der Waals surface area contributed by atoms with Gasteiger partial charge in [-0.15, -0.1) is 0 Å². The average molecular weight is 776 g/mol. The fourth-order valence-electron chi connectivity index (χ4n) is 10.1. The van der Waals surface area contributed by atoms with Crippen molar-refractivity contribution in [2.24, 2.45) is 11.3 Å². The van der Waals surface area contributed by atoms with Crippen LogP contribution in [0.25, 0.3) is 0 Å². The molecule has 8 rings (SSSR count). The molecular formula is C45H54ClN7O3. The van der Waals surface area contributed by atoms with Crippen LogP contribution in [0.5, 0.6) is 0 Å². The zero-order chi connectivity index (χ0) is 38.8. The number of anilines is 3. The number of rotatable bonds is 8. The Hall–Kier alpha value is -4.59. The van der Waals surface area contributed by atoms with E-state index in [-0.39, 0.29) is 29.2 Å². The van der Waals surface area contributed by atoms with Crippen LogP contribution in [0.15, 0.2) is 66.7 Å². The van der Waals surface area contributed by atoms with Gasteiger partial charge < -0.3 is 24.9 Å². The van der Waals surface area contributed by atoms with E-state index < -0.39 is 0 Å². The number of nitriles is 1. The van der Waals surface area contributed by atoms with Crippen LogP contribution < -0.4 is 20.4 Å². The lowest BCUT2D eigenvalue weighted by Crippen LogP contribution is -2.47. The second kappa shape index (κ2) is 16.5. The topological polar surface area (TPSA) is 112 Å². The number of likely N-dealkylation sites (tertiary alicyclic amines) is 2. The second-order valence-corrected chi connectivity index (χ2v) is 17.5. The van der Waals surface area contributed by atoms with Gasteiger partial charge in [-0.3, -0.25) is 19.7 Å². The molecule has 294 valence electrons. The molecule has 2 atom stereocenters. The quantitative estimate of drug-likeness (QED) is 0.235. The molecule has 11 heteroatoms. The summed E-state index contributed by atoms with van der Waals surface area (Å²) in [5.74, 6) is 0.811. The first-order valence-electron chi connectivity index (χ1n) is 20.7. The van der Waals surface area contributed by atoms with Gasteiger partial charge >= 0.3 is 0 Å². The number of hydrogen-bond donors (Lipinski definition) is 2. The van der Waals surface area contributed by atoms with Crippen LogP contribution in [0, 0.1) is 22.7 Å². The fourth-order valence-corrected chi connectivity index (χ4v) is 10.3. The Kier molecular flexibility index (Phi) is 11.3. The highest BCUT2D eigenvalue weighted by atomic mass is 35.5. The standard InChI is InChI=1S/C45H54ClN7O3/c1-31-27-45(30-53(31)39-10-7-36(28-47)40(46)26-39)17-23-51(24-18-45)38-8-5-34(6-9-38)44(56)52-21-13-32(14-22-52)29-50-19-15-33(16-20-50)35-3-2-4-37(25-35)48-41-11-12-42(54)49-43(41)55/h2-10,25-26,31-33,41,48H,11-24,27,29-30H2,1H3,(H,49,54,55). The number of piperidine rings is 4. The van der Waals surface area contributed by atoms with Crippen LogP contribution in [-0.2, 0) is 9.59 Å². The molecule has 5 aliphatic heterocycles. The number of imide groups is 1. The predicted molar refractivity (Wildman–Crippen MR) is 221 cm³/mol. The summed E-state index contributed by atoms with van der Waals surface area (Å²) < 4.78 is 0. The number of nitrogens with zero attached hydrogens (tertiary/aromatic N) is 5. The maximum Gasteiger partial charge on any atom is 0.253 e. The number of hydrogen-bond acceptors (Lipinski definition) is 8. The first kappa shape index (κ1) is 38.3. The van der Waals surface area contributed by atoms with E-state index in [4.69, 9.17) is 11.6 Å². The van der Waals surface area contributed by atoms with Crippen LogP contribution in [0.3, 0.4) is 0 Å². The molecule has 2 unspecified atom stereocenters. The van der Waals surface area contributed by atoms with E-state index in [2.05, 4.69) is 68.7 Å². The van der Waals surface area contributed by atoms with Gasteiger partial charge in [-0.2, -0.15) is 5.26 Å². The maximum atomic E-state index is 13.6. The van der Waals surface area contributed by atoms with Crippen molar-refractivity contribution >= 4 is 46.4 Å². The van der Waals surface area contributed by atoms with Crippen LogP contribution in [0.4, 0.5) is 17.1 Å². The molecule has 10 nitrogen and oxygen atoms in total. The van der Waals surface area contributed by atoms with E-state index in [1.165, 1.54) is 11.3 Å². The molecule has 3 aromatic carbocycles. The van der Waals surface area contributed by atoms with E-state index in [9.17, 15) is 19.6 Å². The van der Waals surface area contributed by atoms with Gasteiger partial charge in [0.1, 0.15) is 12.1 Å². The van der Waals surface area contributed by atoms with Crippen molar-refractivity contribution in [2.75, 3.05) is 67.5 Å². The molecule has 5 heterocycles. The highest BCUT2D eigenvalue weighted by Gasteiger charge is 2.44. The van der Waals surface area contributed by atoms with Crippen molar-refractivity contribution in [2.45, 2.75) is 82.7 Å². The van der Waals surface area contributed by atoms with Crippen molar-refractivity contribution in [1.82, 2.24) is 15.1 Å². The van der Waals surface area contributed by atoms with Gasteiger partial charge in [0.25, 0.3) is 5.91 Å².